The molecule has 0 bridgehead atoms. The number of nitrogens with zero attached hydrogens (tertiary/aromatic N) is 1. The number of carbonyl (C=O) groups excluding carboxylic acids is 3. The van der Waals surface area contributed by atoms with Crippen molar-refractivity contribution in [2.45, 2.75) is 11.4 Å². The van der Waals surface area contributed by atoms with Gasteiger partial charge in [-0.3, -0.25) is 19.3 Å². The van der Waals surface area contributed by atoms with E-state index in [0.29, 0.717) is 5.69 Å². The van der Waals surface area contributed by atoms with Crippen molar-refractivity contribution >= 4 is 33.2 Å². The molecule has 1 aliphatic heterocycles. The number of nitrogens with one attached hydrogen (secondary N) is 1. The van der Waals surface area contributed by atoms with Gasteiger partial charge in [-0.2, -0.15) is 0 Å². The Morgan fingerprint density at radius 3 is 2.16 bits per heavy atom. The van der Waals surface area contributed by atoms with Gasteiger partial charge in [0.25, 0.3) is 17.7 Å². The Balaban J connectivity index is 1.53. The largest absolute Gasteiger partial charge is 0.322 e. The summed E-state index contributed by atoms with van der Waals surface area (Å²) in [5.41, 5.74) is 1.89. The first-order chi connectivity index (χ1) is 14.7. The summed E-state index contributed by atoms with van der Waals surface area (Å²) in [6.07, 6.45) is 1.10. The van der Waals surface area contributed by atoms with E-state index in [9.17, 15) is 22.8 Å². The Labute approximate surface area is 179 Å². The Morgan fingerprint density at radius 2 is 1.52 bits per heavy atom. The number of benzene rings is 3. The van der Waals surface area contributed by atoms with Crippen LogP contribution in [0.4, 0.5) is 5.69 Å². The number of hydrogen-bond donors (Lipinski definition) is 1. The number of hydrogen-bond acceptors (Lipinski definition) is 5. The van der Waals surface area contributed by atoms with Crippen molar-refractivity contribution in [3.05, 3.63) is 95.1 Å². The molecule has 1 heterocycles. The number of fused-ring (bicyclic) bond motifs is 1. The lowest BCUT2D eigenvalue weighted by Gasteiger charge is -2.13. The summed E-state index contributed by atoms with van der Waals surface area (Å²) < 4.78 is 23.1. The molecule has 0 radical (unpaired) electrons. The van der Waals surface area contributed by atoms with E-state index in [1.807, 2.05) is 30.3 Å². The highest BCUT2D eigenvalue weighted by Crippen LogP contribution is 2.26. The first kappa shape index (κ1) is 20.5. The minimum atomic E-state index is -3.33. The second-order valence-corrected chi connectivity index (χ2v) is 9.21. The van der Waals surface area contributed by atoms with Gasteiger partial charge in [0, 0.05) is 17.5 Å². The number of amides is 3. The maximum atomic E-state index is 12.8. The fraction of sp³-hybridized carbons (Fsp3) is 0.0870. The van der Waals surface area contributed by atoms with E-state index < -0.39 is 27.6 Å². The zero-order chi connectivity index (χ0) is 22.2. The second-order valence-electron chi connectivity index (χ2n) is 7.19. The molecule has 8 heteroatoms. The van der Waals surface area contributed by atoms with Crippen LogP contribution in [0.5, 0.6) is 0 Å². The molecule has 31 heavy (non-hydrogen) atoms. The molecular formula is C23H18N2O5S. The number of imide groups is 1. The Morgan fingerprint density at radius 1 is 0.871 bits per heavy atom. The van der Waals surface area contributed by atoms with Crippen LogP contribution in [0.1, 0.15) is 36.6 Å². The van der Waals surface area contributed by atoms with Crippen LogP contribution in [0.25, 0.3) is 0 Å². The normalized spacial score (nSPS) is 13.3. The molecular weight excluding hydrogens is 416 g/mol. The highest BCUT2D eigenvalue weighted by Gasteiger charge is 2.36. The molecule has 0 aliphatic carbocycles. The van der Waals surface area contributed by atoms with E-state index in [0.717, 1.165) is 16.7 Å². The molecule has 0 saturated heterocycles. The average molecular weight is 434 g/mol. The molecule has 4 rings (SSSR count). The summed E-state index contributed by atoms with van der Waals surface area (Å²) in [6.45, 7) is 0.154. The minimum absolute atomic E-state index is 0.144. The molecule has 3 aromatic rings. The maximum Gasteiger partial charge on any atom is 0.261 e. The molecule has 0 aromatic heterocycles. The molecule has 0 saturated carbocycles. The van der Waals surface area contributed by atoms with Crippen LogP contribution in [-0.4, -0.2) is 37.3 Å². The van der Waals surface area contributed by atoms with Gasteiger partial charge in [-0.1, -0.05) is 30.3 Å². The fourth-order valence-corrected chi connectivity index (χ4v) is 3.96. The first-order valence-corrected chi connectivity index (χ1v) is 11.3. The molecule has 156 valence electrons. The molecule has 7 nitrogen and oxygen atoms in total. The van der Waals surface area contributed by atoms with Crippen molar-refractivity contribution in [2.75, 3.05) is 11.6 Å². The van der Waals surface area contributed by atoms with Crippen LogP contribution in [0.15, 0.2) is 77.7 Å². The third kappa shape index (κ3) is 4.10. The summed E-state index contributed by atoms with van der Waals surface area (Å²) in [7, 11) is -3.33. The summed E-state index contributed by atoms with van der Waals surface area (Å²) >= 11 is 0. The van der Waals surface area contributed by atoms with Crippen LogP contribution < -0.4 is 5.32 Å². The van der Waals surface area contributed by atoms with Crippen molar-refractivity contribution in [1.82, 2.24) is 4.90 Å². The quantitative estimate of drug-likeness (QED) is 0.622. The summed E-state index contributed by atoms with van der Waals surface area (Å²) in [6, 6.07) is 19.3. The fourth-order valence-electron chi connectivity index (χ4n) is 3.33. The van der Waals surface area contributed by atoms with E-state index in [1.54, 1.807) is 0 Å². The number of rotatable bonds is 5. The number of anilines is 1. The van der Waals surface area contributed by atoms with Gasteiger partial charge in [-0.25, -0.2) is 8.42 Å². The third-order valence-electron chi connectivity index (χ3n) is 4.96. The average Bonchev–Trinajstić information content (AvgIpc) is 2.98. The van der Waals surface area contributed by atoms with Crippen LogP contribution in [0.3, 0.4) is 0 Å². The standard InChI is InChI=1S/C23H18N2O5S/c1-31(29,30)18-10-8-17(9-11-18)24-21(26)16-7-12-19-20(13-16)23(28)25(22(19)27)14-15-5-3-2-4-6-15/h2-13H,14H2,1H3,(H,24,26). The molecule has 0 unspecified atom stereocenters. The van der Waals surface area contributed by atoms with Crippen molar-refractivity contribution < 1.29 is 22.8 Å². The molecule has 0 fully saturated rings. The molecule has 3 amide bonds. The third-order valence-corrected chi connectivity index (χ3v) is 6.09. The minimum Gasteiger partial charge on any atom is -0.322 e. The lowest BCUT2D eigenvalue weighted by Crippen LogP contribution is -2.29. The Bertz CT molecular complexity index is 1300. The van der Waals surface area contributed by atoms with Crippen LogP contribution in [0, 0.1) is 0 Å². The van der Waals surface area contributed by atoms with Gasteiger partial charge in [-0.15, -0.1) is 0 Å². The van der Waals surface area contributed by atoms with E-state index in [2.05, 4.69) is 5.32 Å². The summed E-state index contributed by atoms with van der Waals surface area (Å²) in [5.74, 6) is -1.32. The second kappa shape index (κ2) is 7.81. The van der Waals surface area contributed by atoms with Gasteiger partial charge in [0.15, 0.2) is 9.84 Å². The van der Waals surface area contributed by atoms with Crippen LogP contribution in [-0.2, 0) is 16.4 Å². The first-order valence-electron chi connectivity index (χ1n) is 9.40. The predicted molar refractivity (Wildman–Crippen MR) is 115 cm³/mol. The molecule has 3 aromatic carbocycles. The summed E-state index contributed by atoms with van der Waals surface area (Å²) in [5, 5.41) is 2.66. The maximum absolute atomic E-state index is 12.8. The van der Waals surface area contributed by atoms with Crippen LogP contribution in [0.2, 0.25) is 0 Å². The zero-order valence-corrected chi connectivity index (χ0v) is 17.3. The highest BCUT2D eigenvalue weighted by atomic mass is 32.2. The SMILES string of the molecule is CS(=O)(=O)c1ccc(NC(=O)c2ccc3c(c2)C(=O)N(Cc2ccccc2)C3=O)cc1. The van der Waals surface area contributed by atoms with E-state index >= 15 is 0 Å². The van der Waals surface area contributed by atoms with E-state index in [-0.39, 0.29) is 28.1 Å². The highest BCUT2D eigenvalue weighted by molar-refractivity contribution is 7.90. The molecule has 0 atom stereocenters. The van der Waals surface area contributed by atoms with Crippen molar-refractivity contribution in [3.63, 3.8) is 0 Å². The molecule has 0 spiro atoms. The molecule has 1 aliphatic rings. The van der Waals surface area contributed by atoms with Gasteiger partial charge in [0.05, 0.1) is 22.6 Å². The van der Waals surface area contributed by atoms with Crippen molar-refractivity contribution in [2.24, 2.45) is 0 Å². The molecule has 1 N–H and O–H groups in total. The van der Waals surface area contributed by atoms with Gasteiger partial charge < -0.3 is 5.32 Å². The van der Waals surface area contributed by atoms with Crippen molar-refractivity contribution in [3.8, 4) is 0 Å². The van der Waals surface area contributed by atoms with Crippen LogP contribution >= 0.6 is 0 Å². The van der Waals surface area contributed by atoms with Gasteiger partial charge in [0.1, 0.15) is 0 Å². The monoisotopic (exact) mass is 434 g/mol. The van der Waals surface area contributed by atoms with Gasteiger partial charge in [-0.05, 0) is 48.0 Å². The summed E-state index contributed by atoms with van der Waals surface area (Å²) in [4.78, 5) is 39.4. The van der Waals surface area contributed by atoms with Crippen molar-refractivity contribution in [1.29, 1.82) is 0 Å². The van der Waals surface area contributed by atoms with Gasteiger partial charge in [0.2, 0.25) is 0 Å². The number of sulfone groups is 1. The topological polar surface area (TPSA) is 101 Å². The zero-order valence-electron chi connectivity index (χ0n) is 16.5. The lowest BCUT2D eigenvalue weighted by molar-refractivity contribution is 0.0642. The van der Waals surface area contributed by atoms with Gasteiger partial charge >= 0.3 is 0 Å². The van der Waals surface area contributed by atoms with E-state index in [1.165, 1.54) is 42.5 Å². The number of carbonyl (C=O) groups is 3. The lowest BCUT2D eigenvalue weighted by atomic mass is 10.1. The Kier molecular flexibility index (Phi) is 5.16. The Hall–Kier alpha value is -3.78. The predicted octanol–water partition coefficient (Wildman–Crippen LogP) is 3.14. The smallest absolute Gasteiger partial charge is 0.261 e. The van der Waals surface area contributed by atoms with E-state index in [4.69, 9.17) is 0 Å².